The lowest BCUT2D eigenvalue weighted by molar-refractivity contribution is -0.0510. The molecule has 1 fully saturated rings. The van der Waals surface area contributed by atoms with E-state index in [2.05, 4.69) is 6.08 Å². The maximum Gasteiger partial charge on any atom is 0.411 e. The van der Waals surface area contributed by atoms with Gasteiger partial charge in [0.25, 0.3) is 0 Å². The molecule has 2 aliphatic rings. The molecule has 0 aliphatic carbocycles. The van der Waals surface area contributed by atoms with Crippen molar-refractivity contribution >= 4 is 34.9 Å². The van der Waals surface area contributed by atoms with Crippen molar-refractivity contribution in [3.63, 3.8) is 0 Å². The molecule has 0 saturated carbocycles. The van der Waals surface area contributed by atoms with E-state index < -0.39 is 5.60 Å². The summed E-state index contributed by atoms with van der Waals surface area (Å²) in [5.74, 6) is 0. The molecule has 2 atom stereocenters. The lowest BCUT2D eigenvalue weighted by atomic mass is 9.90. The molecule has 24 heavy (non-hydrogen) atoms. The molecular weight excluding hydrogens is 349 g/mol. The number of hydrogen-bond donors (Lipinski definition) is 0. The highest BCUT2D eigenvalue weighted by molar-refractivity contribution is 6.42. The Balaban J connectivity index is 1.87. The van der Waals surface area contributed by atoms with E-state index in [-0.39, 0.29) is 18.2 Å². The zero-order chi connectivity index (χ0) is 17.5. The second-order valence-electron chi connectivity index (χ2n) is 7.17. The van der Waals surface area contributed by atoms with Crippen molar-refractivity contribution in [3.8, 4) is 0 Å². The zero-order valence-corrected chi connectivity index (χ0v) is 15.5. The Kier molecular flexibility index (Phi) is 4.82. The largest absolute Gasteiger partial charge is 0.444 e. The summed E-state index contributed by atoms with van der Waals surface area (Å²) >= 11 is 12.1. The summed E-state index contributed by atoms with van der Waals surface area (Å²) in [6.07, 6.45) is 2.48. The van der Waals surface area contributed by atoms with Crippen LogP contribution >= 0.6 is 23.2 Å². The molecule has 2 aliphatic heterocycles. The molecule has 0 N–H and O–H groups in total. The number of rotatable bonds is 1. The van der Waals surface area contributed by atoms with Crippen LogP contribution in [0.3, 0.4) is 0 Å². The highest BCUT2D eigenvalue weighted by Gasteiger charge is 2.40. The molecule has 0 radical (unpaired) electrons. The minimum Gasteiger partial charge on any atom is -0.444 e. The van der Waals surface area contributed by atoms with Gasteiger partial charge in [0.05, 0.1) is 35.3 Å². The molecular formula is C18H21Cl2NO3. The van der Waals surface area contributed by atoms with Crippen LogP contribution in [0.25, 0.3) is 5.57 Å². The van der Waals surface area contributed by atoms with Crippen LogP contribution in [0.15, 0.2) is 24.3 Å². The number of hydrogen-bond acceptors (Lipinski definition) is 3. The molecule has 3 rings (SSSR count). The van der Waals surface area contributed by atoms with Gasteiger partial charge in [-0.15, -0.1) is 0 Å². The predicted molar refractivity (Wildman–Crippen MR) is 95.5 cm³/mol. The third-order valence-corrected chi connectivity index (χ3v) is 4.83. The maximum absolute atomic E-state index is 12.5. The van der Waals surface area contributed by atoms with Crippen LogP contribution in [-0.2, 0) is 9.47 Å². The number of fused-ring (bicyclic) bond motifs is 2. The number of benzene rings is 1. The second kappa shape index (κ2) is 6.58. The first-order chi connectivity index (χ1) is 11.2. The van der Waals surface area contributed by atoms with Gasteiger partial charge in [0.1, 0.15) is 5.60 Å². The van der Waals surface area contributed by atoms with Gasteiger partial charge in [0.2, 0.25) is 0 Å². The second-order valence-corrected chi connectivity index (χ2v) is 7.99. The van der Waals surface area contributed by atoms with E-state index >= 15 is 0 Å². The summed E-state index contributed by atoms with van der Waals surface area (Å²) in [5, 5.41) is 1.07. The molecule has 0 aromatic heterocycles. The Morgan fingerprint density at radius 2 is 2.00 bits per heavy atom. The maximum atomic E-state index is 12.5. The van der Waals surface area contributed by atoms with Crippen molar-refractivity contribution in [2.75, 3.05) is 13.2 Å². The summed E-state index contributed by atoms with van der Waals surface area (Å²) < 4.78 is 11.2. The van der Waals surface area contributed by atoms with Gasteiger partial charge < -0.3 is 9.47 Å². The number of halogens is 2. The molecule has 4 nitrogen and oxygen atoms in total. The fourth-order valence-electron chi connectivity index (χ4n) is 3.11. The SMILES string of the molecule is CC(C)(C)OC(=O)N1C2C=C(c3ccc(Cl)c(Cl)c3)CC1COC2. The topological polar surface area (TPSA) is 38.8 Å². The summed E-state index contributed by atoms with van der Waals surface area (Å²) in [5.41, 5.74) is 1.68. The van der Waals surface area contributed by atoms with E-state index in [4.69, 9.17) is 32.7 Å². The minimum atomic E-state index is -0.514. The van der Waals surface area contributed by atoms with Crippen molar-refractivity contribution in [2.45, 2.75) is 44.9 Å². The van der Waals surface area contributed by atoms with Crippen LogP contribution < -0.4 is 0 Å². The van der Waals surface area contributed by atoms with Crippen LogP contribution in [0, 0.1) is 0 Å². The van der Waals surface area contributed by atoms with E-state index in [9.17, 15) is 4.79 Å². The first-order valence-electron chi connectivity index (χ1n) is 8.00. The van der Waals surface area contributed by atoms with E-state index in [0.717, 1.165) is 11.1 Å². The third kappa shape index (κ3) is 3.71. The molecule has 1 aromatic carbocycles. The van der Waals surface area contributed by atoms with Crippen molar-refractivity contribution < 1.29 is 14.3 Å². The standard InChI is InChI=1S/C18H21Cl2NO3/c1-18(2,3)24-17(22)21-13-6-12(7-14(21)10-23-9-13)11-4-5-15(19)16(20)8-11/h4-6,8,13-14H,7,9-10H2,1-3H3. The van der Waals surface area contributed by atoms with Gasteiger partial charge in [0.15, 0.2) is 0 Å². The number of morpholine rings is 1. The lowest BCUT2D eigenvalue weighted by Gasteiger charge is -2.44. The average Bonchev–Trinajstić information content (AvgIpc) is 2.47. The predicted octanol–water partition coefficient (Wildman–Crippen LogP) is 4.79. The lowest BCUT2D eigenvalue weighted by Crippen LogP contribution is -2.57. The first-order valence-corrected chi connectivity index (χ1v) is 8.75. The van der Waals surface area contributed by atoms with Crippen LogP contribution in [0.2, 0.25) is 10.0 Å². The van der Waals surface area contributed by atoms with Crippen LogP contribution in [0.4, 0.5) is 4.79 Å². The highest BCUT2D eigenvalue weighted by atomic mass is 35.5. The molecule has 2 heterocycles. The number of ether oxygens (including phenoxy) is 2. The third-order valence-electron chi connectivity index (χ3n) is 4.09. The minimum absolute atomic E-state index is 0.0342. The van der Waals surface area contributed by atoms with Gasteiger partial charge >= 0.3 is 6.09 Å². The summed E-state index contributed by atoms with van der Waals surface area (Å²) in [7, 11) is 0. The monoisotopic (exact) mass is 369 g/mol. The van der Waals surface area contributed by atoms with Crippen molar-refractivity contribution in [3.05, 3.63) is 39.9 Å². The van der Waals surface area contributed by atoms with Crippen LogP contribution in [0.1, 0.15) is 32.8 Å². The molecule has 2 unspecified atom stereocenters. The van der Waals surface area contributed by atoms with E-state index in [1.807, 2.05) is 32.9 Å². The van der Waals surface area contributed by atoms with Gasteiger partial charge in [-0.3, -0.25) is 4.90 Å². The Bertz CT molecular complexity index is 681. The number of amides is 1. The van der Waals surface area contributed by atoms with E-state index in [1.54, 1.807) is 11.0 Å². The van der Waals surface area contributed by atoms with Gasteiger partial charge in [-0.25, -0.2) is 4.79 Å². The highest BCUT2D eigenvalue weighted by Crippen LogP contribution is 2.35. The average molecular weight is 370 g/mol. The molecule has 6 heteroatoms. The quantitative estimate of drug-likeness (QED) is 0.714. The molecule has 1 amide bonds. The van der Waals surface area contributed by atoms with Gasteiger partial charge in [-0.1, -0.05) is 35.3 Å². The Morgan fingerprint density at radius 1 is 1.25 bits per heavy atom. The van der Waals surface area contributed by atoms with Gasteiger partial charge in [-0.2, -0.15) is 0 Å². The van der Waals surface area contributed by atoms with Crippen molar-refractivity contribution in [2.24, 2.45) is 0 Å². The number of carbonyl (C=O) groups excluding carboxylic acids is 1. The fraction of sp³-hybridized carbons (Fsp3) is 0.500. The van der Waals surface area contributed by atoms with Gasteiger partial charge in [-0.05, 0) is 50.5 Å². The van der Waals surface area contributed by atoms with E-state index in [0.29, 0.717) is 29.7 Å². The molecule has 0 spiro atoms. The number of carbonyl (C=O) groups is 1. The zero-order valence-electron chi connectivity index (χ0n) is 14.0. The van der Waals surface area contributed by atoms with E-state index in [1.165, 1.54) is 0 Å². The molecule has 1 saturated heterocycles. The normalized spacial score (nSPS) is 23.7. The molecule has 2 bridgehead atoms. The smallest absolute Gasteiger partial charge is 0.411 e. The van der Waals surface area contributed by atoms with Crippen LogP contribution in [-0.4, -0.2) is 41.9 Å². The van der Waals surface area contributed by atoms with Crippen LogP contribution in [0.5, 0.6) is 0 Å². The number of nitrogens with zero attached hydrogens (tertiary/aromatic N) is 1. The first kappa shape index (κ1) is 17.6. The Hall–Kier alpha value is -1.23. The Morgan fingerprint density at radius 3 is 2.62 bits per heavy atom. The Labute approximate surface area is 152 Å². The summed E-state index contributed by atoms with van der Waals surface area (Å²) in [6, 6.07) is 5.46. The van der Waals surface area contributed by atoms with Crippen molar-refractivity contribution in [1.29, 1.82) is 0 Å². The summed E-state index contributed by atoms with van der Waals surface area (Å²) in [6.45, 7) is 6.60. The molecule has 1 aromatic rings. The fourth-order valence-corrected chi connectivity index (χ4v) is 3.40. The van der Waals surface area contributed by atoms with Gasteiger partial charge in [0, 0.05) is 0 Å². The summed E-state index contributed by atoms with van der Waals surface area (Å²) in [4.78, 5) is 14.4. The van der Waals surface area contributed by atoms with Crippen molar-refractivity contribution in [1.82, 2.24) is 4.90 Å². The molecule has 130 valence electrons.